The van der Waals surface area contributed by atoms with Gasteiger partial charge in [-0.05, 0) is 23.8 Å². The minimum absolute atomic E-state index is 0.238. The largest absolute Gasteiger partial charge is 0.359 e. The molecule has 0 spiro atoms. The Morgan fingerprint density at radius 1 is 1.42 bits per heavy atom. The molecule has 0 saturated carbocycles. The Bertz CT molecular complexity index is 406. The molecule has 0 aliphatic carbocycles. The number of nitrogens with one attached hydrogen (secondary N) is 1. The molecule has 3 N–H and O–H groups in total. The Balaban J connectivity index is 2.75. The van der Waals surface area contributed by atoms with E-state index in [1.54, 1.807) is 6.20 Å². The number of aromatic amines is 1. The second-order valence-electron chi connectivity index (χ2n) is 2.72. The van der Waals surface area contributed by atoms with Crippen molar-refractivity contribution in [1.29, 1.82) is 0 Å². The fourth-order valence-electron chi connectivity index (χ4n) is 1.30. The first-order valence-corrected chi connectivity index (χ1v) is 3.77. The van der Waals surface area contributed by atoms with Crippen LogP contribution in [0.25, 0.3) is 10.9 Å². The predicted octanol–water partition coefficient (Wildman–Crippen LogP) is 1.77. The van der Waals surface area contributed by atoms with Crippen molar-refractivity contribution in [3.05, 3.63) is 35.8 Å². The van der Waals surface area contributed by atoms with E-state index < -0.39 is 0 Å². The molecule has 0 radical (unpaired) electrons. The normalized spacial score (nSPS) is 10.8. The molecular formula is C9H9FN2. The lowest BCUT2D eigenvalue weighted by atomic mass is 10.1. The number of H-pyrrole nitrogens is 1. The van der Waals surface area contributed by atoms with Gasteiger partial charge in [0.25, 0.3) is 0 Å². The van der Waals surface area contributed by atoms with E-state index >= 15 is 0 Å². The number of hydrogen-bond acceptors (Lipinski definition) is 1. The van der Waals surface area contributed by atoms with Crippen LogP contribution >= 0.6 is 0 Å². The van der Waals surface area contributed by atoms with Crippen molar-refractivity contribution >= 4 is 10.9 Å². The molecule has 1 heterocycles. The summed E-state index contributed by atoms with van der Waals surface area (Å²) in [5.74, 6) is -0.238. The van der Waals surface area contributed by atoms with E-state index in [0.29, 0.717) is 12.1 Å². The van der Waals surface area contributed by atoms with Gasteiger partial charge < -0.3 is 10.7 Å². The molecule has 2 nitrogen and oxygen atoms in total. The summed E-state index contributed by atoms with van der Waals surface area (Å²) in [6.07, 6.45) is 1.72. The number of halogens is 1. The van der Waals surface area contributed by atoms with Crippen LogP contribution in [0.15, 0.2) is 24.4 Å². The highest BCUT2D eigenvalue weighted by atomic mass is 19.1. The lowest BCUT2D eigenvalue weighted by Crippen LogP contribution is -1.96. The highest BCUT2D eigenvalue weighted by Crippen LogP contribution is 2.17. The van der Waals surface area contributed by atoms with Crippen molar-refractivity contribution in [1.82, 2.24) is 4.98 Å². The van der Waals surface area contributed by atoms with Gasteiger partial charge in [0.2, 0.25) is 0 Å². The molecule has 0 aliphatic rings. The van der Waals surface area contributed by atoms with Gasteiger partial charge >= 0.3 is 0 Å². The molecule has 0 bridgehead atoms. The van der Waals surface area contributed by atoms with Crippen LogP contribution in [0.5, 0.6) is 0 Å². The molecule has 0 aliphatic heterocycles. The van der Waals surface area contributed by atoms with Crippen molar-refractivity contribution < 1.29 is 4.39 Å². The Kier molecular flexibility index (Phi) is 1.59. The van der Waals surface area contributed by atoms with E-state index in [4.69, 9.17) is 5.73 Å². The Labute approximate surface area is 69.2 Å². The zero-order valence-electron chi connectivity index (χ0n) is 6.47. The maximum absolute atomic E-state index is 13.2. The molecule has 3 heteroatoms. The van der Waals surface area contributed by atoms with Crippen molar-refractivity contribution in [2.45, 2.75) is 6.54 Å². The van der Waals surface area contributed by atoms with Gasteiger partial charge in [0.1, 0.15) is 5.82 Å². The molecule has 2 aromatic rings. The van der Waals surface area contributed by atoms with Crippen LogP contribution in [-0.2, 0) is 6.54 Å². The van der Waals surface area contributed by atoms with Crippen molar-refractivity contribution in [3.63, 3.8) is 0 Å². The van der Waals surface area contributed by atoms with E-state index in [1.807, 2.05) is 12.1 Å². The monoisotopic (exact) mass is 164 g/mol. The standard InChI is InChI=1S/C9H9FN2/c10-8-4-6(5-11)3-7-1-2-12-9(7)8/h1-4,12H,5,11H2. The van der Waals surface area contributed by atoms with Gasteiger partial charge in [-0.25, -0.2) is 4.39 Å². The molecule has 12 heavy (non-hydrogen) atoms. The number of aromatic nitrogens is 1. The molecule has 0 amide bonds. The first-order chi connectivity index (χ1) is 5.81. The molecule has 0 unspecified atom stereocenters. The van der Waals surface area contributed by atoms with Gasteiger partial charge in [-0.15, -0.1) is 0 Å². The average molecular weight is 164 g/mol. The zero-order valence-corrected chi connectivity index (χ0v) is 6.47. The Morgan fingerprint density at radius 2 is 2.25 bits per heavy atom. The summed E-state index contributed by atoms with van der Waals surface area (Å²) in [4.78, 5) is 2.82. The van der Waals surface area contributed by atoms with Gasteiger partial charge in [-0.1, -0.05) is 0 Å². The van der Waals surface area contributed by atoms with Crippen LogP contribution in [0.2, 0.25) is 0 Å². The van der Waals surface area contributed by atoms with Crippen molar-refractivity contribution in [2.75, 3.05) is 0 Å². The minimum atomic E-state index is -0.238. The van der Waals surface area contributed by atoms with Crippen LogP contribution in [-0.4, -0.2) is 4.98 Å². The molecule has 1 aromatic heterocycles. The fraction of sp³-hybridized carbons (Fsp3) is 0.111. The quantitative estimate of drug-likeness (QED) is 0.662. The summed E-state index contributed by atoms with van der Waals surface area (Å²) >= 11 is 0. The summed E-state index contributed by atoms with van der Waals surface area (Å²) in [6.45, 7) is 0.373. The Morgan fingerprint density at radius 3 is 3.00 bits per heavy atom. The number of rotatable bonds is 1. The molecule has 0 atom stereocenters. The maximum Gasteiger partial charge on any atom is 0.147 e. The SMILES string of the molecule is NCc1cc(F)c2[nH]ccc2c1. The lowest BCUT2D eigenvalue weighted by Gasteiger charge is -1.97. The van der Waals surface area contributed by atoms with Crippen LogP contribution in [0.1, 0.15) is 5.56 Å². The van der Waals surface area contributed by atoms with E-state index in [1.165, 1.54) is 6.07 Å². The fourth-order valence-corrected chi connectivity index (χ4v) is 1.30. The van der Waals surface area contributed by atoms with Crippen LogP contribution < -0.4 is 5.73 Å². The molecular weight excluding hydrogens is 155 g/mol. The van der Waals surface area contributed by atoms with Crippen LogP contribution in [0.4, 0.5) is 4.39 Å². The number of fused-ring (bicyclic) bond motifs is 1. The molecule has 0 fully saturated rings. The highest BCUT2D eigenvalue weighted by Gasteiger charge is 2.02. The number of hydrogen-bond donors (Lipinski definition) is 2. The van der Waals surface area contributed by atoms with Crippen LogP contribution in [0.3, 0.4) is 0 Å². The highest BCUT2D eigenvalue weighted by molar-refractivity contribution is 5.80. The van der Waals surface area contributed by atoms with E-state index in [9.17, 15) is 4.39 Å². The predicted molar refractivity (Wildman–Crippen MR) is 46.1 cm³/mol. The molecule has 2 rings (SSSR count). The number of benzene rings is 1. The number of nitrogens with two attached hydrogens (primary N) is 1. The molecule has 62 valence electrons. The third kappa shape index (κ3) is 0.987. The van der Waals surface area contributed by atoms with Gasteiger partial charge in [-0.2, -0.15) is 0 Å². The summed E-state index contributed by atoms with van der Waals surface area (Å²) in [6, 6.07) is 5.17. The topological polar surface area (TPSA) is 41.8 Å². The third-order valence-corrected chi connectivity index (χ3v) is 1.91. The van der Waals surface area contributed by atoms with E-state index in [-0.39, 0.29) is 5.82 Å². The first kappa shape index (κ1) is 7.31. The Hall–Kier alpha value is -1.35. The van der Waals surface area contributed by atoms with Gasteiger partial charge in [0.15, 0.2) is 0 Å². The van der Waals surface area contributed by atoms with Crippen molar-refractivity contribution in [2.24, 2.45) is 5.73 Å². The first-order valence-electron chi connectivity index (χ1n) is 3.77. The lowest BCUT2D eigenvalue weighted by molar-refractivity contribution is 0.635. The average Bonchev–Trinajstić information content (AvgIpc) is 2.52. The van der Waals surface area contributed by atoms with E-state index in [0.717, 1.165) is 10.9 Å². The van der Waals surface area contributed by atoms with Gasteiger partial charge in [-0.3, -0.25) is 0 Å². The zero-order chi connectivity index (χ0) is 8.55. The van der Waals surface area contributed by atoms with Gasteiger partial charge in [0, 0.05) is 18.1 Å². The third-order valence-electron chi connectivity index (χ3n) is 1.91. The summed E-state index contributed by atoms with van der Waals surface area (Å²) in [7, 11) is 0. The maximum atomic E-state index is 13.2. The van der Waals surface area contributed by atoms with Gasteiger partial charge in [0.05, 0.1) is 5.52 Å². The van der Waals surface area contributed by atoms with Crippen molar-refractivity contribution in [3.8, 4) is 0 Å². The minimum Gasteiger partial charge on any atom is -0.359 e. The second kappa shape index (κ2) is 2.60. The molecule has 0 saturated heterocycles. The summed E-state index contributed by atoms with van der Waals surface area (Å²) in [5, 5.41) is 0.871. The smallest absolute Gasteiger partial charge is 0.147 e. The second-order valence-corrected chi connectivity index (χ2v) is 2.72. The summed E-state index contributed by atoms with van der Waals surface area (Å²) in [5.41, 5.74) is 6.77. The summed E-state index contributed by atoms with van der Waals surface area (Å²) < 4.78 is 13.2. The van der Waals surface area contributed by atoms with E-state index in [2.05, 4.69) is 4.98 Å². The molecule has 1 aromatic carbocycles. The van der Waals surface area contributed by atoms with Crippen LogP contribution in [0, 0.1) is 5.82 Å².